The number of allylic oxidation sites excluding steroid dienone is 3. The van der Waals surface area contributed by atoms with Gasteiger partial charge in [-0.25, -0.2) is 0 Å². The molecule has 56 valence electrons. The molecule has 0 bridgehead atoms. The molecule has 0 aromatic carbocycles. The van der Waals surface area contributed by atoms with Gasteiger partial charge >= 0.3 is 0 Å². The van der Waals surface area contributed by atoms with Crippen molar-refractivity contribution in [2.45, 2.75) is 6.42 Å². The molecular formula is C8H14N2. The van der Waals surface area contributed by atoms with Gasteiger partial charge in [-0.15, -0.1) is 0 Å². The quantitative estimate of drug-likeness (QED) is 0.459. The van der Waals surface area contributed by atoms with Crippen molar-refractivity contribution in [3.8, 4) is 0 Å². The highest BCUT2D eigenvalue weighted by molar-refractivity contribution is 5.95. The van der Waals surface area contributed by atoms with E-state index < -0.39 is 0 Å². The van der Waals surface area contributed by atoms with Crippen molar-refractivity contribution in [2.75, 3.05) is 13.6 Å². The second-order valence-corrected chi connectivity index (χ2v) is 1.85. The van der Waals surface area contributed by atoms with E-state index in [2.05, 4.69) is 11.6 Å². The number of hydrogen-bond donors (Lipinski definition) is 1. The normalized spacial score (nSPS) is 12.4. The maximum absolute atomic E-state index is 5.34. The SMILES string of the molecule is C=C/C=C\C(CCN)=NC. The topological polar surface area (TPSA) is 38.4 Å². The maximum Gasteiger partial charge on any atom is 0.0357 e. The van der Waals surface area contributed by atoms with E-state index >= 15 is 0 Å². The molecule has 0 heterocycles. The summed E-state index contributed by atoms with van der Waals surface area (Å²) in [5, 5.41) is 0. The zero-order valence-corrected chi connectivity index (χ0v) is 6.38. The highest BCUT2D eigenvalue weighted by atomic mass is 14.7. The smallest absolute Gasteiger partial charge is 0.0357 e. The van der Waals surface area contributed by atoms with E-state index in [1.807, 2.05) is 12.2 Å². The van der Waals surface area contributed by atoms with E-state index in [1.165, 1.54) is 0 Å². The molecule has 0 rings (SSSR count). The molecule has 0 radical (unpaired) electrons. The van der Waals surface area contributed by atoms with Crippen molar-refractivity contribution < 1.29 is 0 Å². The Balaban J connectivity index is 3.84. The van der Waals surface area contributed by atoms with Crippen LogP contribution in [0.2, 0.25) is 0 Å². The average Bonchev–Trinajstić information content (AvgIpc) is 1.98. The maximum atomic E-state index is 5.34. The van der Waals surface area contributed by atoms with Crippen LogP contribution in [0, 0.1) is 0 Å². The second kappa shape index (κ2) is 6.23. The number of nitrogens with zero attached hydrogens (tertiary/aromatic N) is 1. The third-order valence-corrected chi connectivity index (χ3v) is 1.11. The molecule has 0 fully saturated rings. The van der Waals surface area contributed by atoms with Gasteiger partial charge in [0.25, 0.3) is 0 Å². The van der Waals surface area contributed by atoms with Crippen molar-refractivity contribution in [1.82, 2.24) is 0 Å². The van der Waals surface area contributed by atoms with Crippen LogP contribution >= 0.6 is 0 Å². The van der Waals surface area contributed by atoms with Gasteiger partial charge in [0, 0.05) is 19.2 Å². The molecule has 0 amide bonds. The fraction of sp³-hybridized carbons (Fsp3) is 0.375. The molecule has 0 unspecified atom stereocenters. The van der Waals surface area contributed by atoms with Crippen molar-refractivity contribution >= 4 is 5.71 Å². The molecule has 2 heteroatoms. The van der Waals surface area contributed by atoms with Gasteiger partial charge in [-0.1, -0.05) is 18.7 Å². The summed E-state index contributed by atoms with van der Waals surface area (Å²) in [4.78, 5) is 4.02. The van der Waals surface area contributed by atoms with E-state index in [0.717, 1.165) is 12.1 Å². The summed E-state index contributed by atoms with van der Waals surface area (Å²) in [6, 6.07) is 0. The highest BCUT2D eigenvalue weighted by Gasteiger charge is 1.87. The van der Waals surface area contributed by atoms with Crippen LogP contribution in [0.25, 0.3) is 0 Å². The Labute approximate surface area is 62.1 Å². The molecule has 0 spiro atoms. The van der Waals surface area contributed by atoms with Gasteiger partial charge in [0.05, 0.1) is 0 Å². The molecule has 0 aromatic heterocycles. The van der Waals surface area contributed by atoms with Crippen LogP contribution in [0.15, 0.2) is 29.8 Å². The second-order valence-electron chi connectivity index (χ2n) is 1.85. The average molecular weight is 138 g/mol. The first-order valence-corrected chi connectivity index (χ1v) is 3.30. The Morgan fingerprint density at radius 1 is 1.70 bits per heavy atom. The minimum atomic E-state index is 0.647. The van der Waals surface area contributed by atoms with Crippen molar-refractivity contribution in [1.29, 1.82) is 0 Å². The van der Waals surface area contributed by atoms with Gasteiger partial charge in [0.2, 0.25) is 0 Å². The molecule has 0 saturated carbocycles. The lowest BCUT2D eigenvalue weighted by Crippen LogP contribution is -2.05. The fourth-order valence-corrected chi connectivity index (χ4v) is 0.597. The Kier molecular flexibility index (Phi) is 5.68. The van der Waals surface area contributed by atoms with E-state index in [9.17, 15) is 0 Å². The summed E-state index contributed by atoms with van der Waals surface area (Å²) in [7, 11) is 1.76. The molecule has 0 atom stereocenters. The predicted molar refractivity (Wildman–Crippen MR) is 46.4 cm³/mol. The molecule has 0 aliphatic heterocycles. The van der Waals surface area contributed by atoms with E-state index in [-0.39, 0.29) is 0 Å². The monoisotopic (exact) mass is 138 g/mol. The Bertz CT molecular complexity index is 145. The number of aliphatic imine (C=N–C) groups is 1. The molecule has 0 saturated heterocycles. The molecule has 2 nitrogen and oxygen atoms in total. The molecule has 0 aliphatic rings. The first-order valence-electron chi connectivity index (χ1n) is 3.30. The van der Waals surface area contributed by atoms with Crippen LogP contribution in [0.5, 0.6) is 0 Å². The zero-order chi connectivity index (χ0) is 7.82. The van der Waals surface area contributed by atoms with E-state index in [0.29, 0.717) is 6.54 Å². The number of hydrogen-bond acceptors (Lipinski definition) is 2. The molecular weight excluding hydrogens is 124 g/mol. The number of nitrogens with two attached hydrogens (primary N) is 1. The Morgan fingerprint density at radius 2 is 2.40 bits per heavy atom. The summed E-state index contributed by atoms with van der Waals surface area (Å²) in [6.07, 6.45) is 6.33. The summed E-state index contributed by atoms with van der Waals surface area (Å²) in [5.41, 5.74) is 6.35. The third kappa shape index (κ3) is 4.04. The van der Waals surface area contributed by atoms with Crippen LogP contribution in [0.1, 0.15) is 6.42 Å². The lowest BCUT2D eigenvalue weighted by molar-refractivity contribution is 1.04. The largest absolute Gasteiger partial charge is 0.330 e. The lowest BCUT2D eigenvalue weighted by atomic mass is 10.2. The fourth-order valence-electron chi connectivity index (χ4n) is 0.597. The minimum Gasteiger partial charge on any atom is -0.330 e. The van der Waals surface area contributed by atoms with Crippen molar-refractivity contribution in [3.05, 3.63) is 24.8 Å². The van der Waals surface area contributed by atoms with Gasteiger partial charge in [-0.05, 0) is 12.6 Å². The van der Waals surface area contributed by atoms with E-state index in [1.54, 1.807) is 13.1 Å². The summed E-state index contributed by atoms with van der Waals surface area (Å²) in [5.74, 6) is 0. The van der Waals surface area contributed by atoms with Crippen LogP contribution in [0.4, 0.5) is 0 Å². The Morgan fingerprint density at radius 3 is 2.80 bits per heavy atom. The summed E-state index contributed by atoms with van der Waals surface area (Å²) < 4.78 is 0. The summed E-state index contributed by atoms with van der Waals surface area (Å²) in [6.45, 7) is 4.20. The molecule has 0 aliphatic carbocycles. The molecule has 2 N–H and O–H groups in total. The van der Waals surface area contributed by atoms with Gasteiger partial charge < -0.3 is 5.73 Å². The minimum absolute atomic E-state index is 0.647. The molecule has 10 heavy (non-hydrogen) atoms. The first-order chi connectivity index (χ1) is 4.85. The van der Waals surface area contributed by atoms with Crippen LogP contribution in [-0.2, 0) is 0 Å². The highest BCUT2D eigenvalue weighted by Crippen LogP contribution is 1.86. The van der Waals surface area contributed by atoms with Crippen molar-refractivity contribution in [3.63, 3.8) is 0 Å². The lowest BCUT2D eigenvalue weighted by Gasteiger charge is -1.93. The third-order valence-electron chi connectivity index (χ3n) is 1.11. The van der Waals surface area contributed by atoms with Gasteiger partial charge in [-0.3, -0.25) is 4.99 Å². The van der Waals surface area contributed by atoms with Gasteiger partial charge in [0.1, 0.15) is 0 Å². The van der Waals surface area contributed by atoms with Gasteiger partial charge in [0.15, 0.2) is 0 Å². The van der Waals surface area contributed by atoms with Crippen LogP contribution < -0.4 is 5.73 Å². The summed E-state index contributed by atoms with van der Waals surface area (Å²) >= 11 is 0. The van der Waals surface area contributed by atoms with Crippen LogP contribution in [0.3, 0.4) is 0 Å². The first kappa shape index (κ1) is 9.11. The zero-order valence-electron chi connectivity index (χ0n) is 6.38. The standard InChI is InChI=1S/C8H14N2/c1-3-4-5-8(10-2)6-7-9/h3-5H,1,6-7,9H2,2H3/b5-4-,10-8?. The van der Waals surface area contributed by atoms with Crippen molar-refractivity contribution in [2.24, 2.45) is 10.7 Å². The number of rotatable bonds is 4. The van der Waals surface area contributed by atoms with Crippen LogP contribution in [-0.4, -0.2) is 19.3 Å². The molecule has 0 aromatic rings. The van der Waals surface area contributed by atoms with Gasteiger partial charge in [-0.2, -0.15) is 0 Å². The predicted octanol–water partition coefficient (Wildman–Crippen LogP) is 1.15. The Hall–Kier alpha value is -0.890. The van der Waals surface area contributed by atoms with E-state index in [4.69, 9.17) is 5.73 Å².